The minimum absolute atomic E-state index is 0.387. The zero-order valence-electron chi connectivity index (χ0n) is 20.6. The Morgan fingerprint density at radius 1 is 0.722 bits per heavy atom. The van der Waals surface area contributed by atoms with Gasteiger partial charge in [0.15, 0.2) is 11.5 Å². The van der Waals surface area contributed by atoms with Gasteiger partial charge in [-0.1, -0.05) is 60.7 Å². The number of hydrogen-bond acceptors (Lipinski definition) is 6. The van der Waals surface area contributed by atoms with E-state index in [1.165, 1.54) is 0 Å². The van der Waals surface area contributed by atoms with E-state index >= 15 is 0 Å². The van der Waals surface area contributed by atoms with Crippen LogP contribution < -0.4 is 24.3 Å². The molecule has 0 bridgehead atoms. The fraction of sp³-hybridized carbons (Fsp3) is 0.167. The minimum atomic E-state index is 0.387. The molecule has 0 spiro atoms. The van der Waals surface area contributed by atoms with E-state index in [0.29, 0.717) is 41.7 Å². The molecule has 5 aromatic rings. The van der Waals surface area contributed by atoms with Crippen LogP contribution in [0.5, 0.6) is 23.0 Å². The topological polar surface area (TPSA) is 61.8 Å². The molecule has 0 radical (unpaired) electrons. The maximum atomic E-state index is 6.41. The summed E-state index contributed by atoms with van der Waals surface area (Å²) < 4.78 is 23.9. The van der Waals surface area contributed by atoms with Crippen LogP contribution >= 0.6 is 0 Å². The van der Waals surface area contributed by atoms with Crippen LogP contribution in [-0.2, 0) is 13.2 Å². The Labute approximate surface area is 210 Å². The summed E-state index contributed by atoms with van der Waals surface area (Å²) in [5.74, 6) is 2.56. The number of nitrogens with zero attached hydrogens (tertiary/aromatic N) is 1. The molecule has 4 aromatic carbocycles. The predicted molar refractivity (Wildman–Crippen MR) is 143 cm³/mol. The van der Waals surface area contributed by atoms with Gasteiger partial charge in [-0.2, -0.15) is 0 Å². The fourth-order valence-corrected chi connectivity index (χ4v) is 4.29. The number of aromatic nitrogens is 1. The van der Waals surface area contributed by atoms with Crippen LogP contribution in [-0.4, -0.2) is 26.3 Å². The number of rotatable bonds is 9. The van der Waals surface area contributed by atoms with E-state index in [2.05, 4.69) is 5.32 Å². The molecule has 0 amide bonds. The van der Waals surface area contributed by atoms with Crippen LogP contribution in [0.3, 0.4) is 0 Å². The van der Waals surface area contributed by atoms with Gasteiger partial charge in [0.25, 0.3) is 0 Å². The largest absolute Gasteiger partial charge is 0.497 e. The zero-order chi connectivity index (χ0) is 24.9. The molecule has 0 aliphatic carbocycles. The molecule has 1 heterocycles. The normalized spacial score (nSPS) is 10.9. The van der Waals surface area contributed by atoms with Gasteiger partial charge in [0.05, 0.1) is 30.8 Å². The summed E-state index contributed by atoms with van der Waals surface area (Å²) in [5.41, 5.74) is 4.45. The summed E-state index contributed by atoms with van der Waals surface area (Å²) in [6.07, 6.45) is 0. The third-order valence-corrected chi connectivity index (χ3v) is 6.07. The van der Waals surface area contributed by atoms with Crippen LogP contribution in [0, 0.1) is 0 Å². The van der Waals surface area contributed by atoms with Gasteiger partial charge in [-0.3, -0.25) is 0 Å². The van der Waals surface area contributed by atoms with Crippen molar-refractivity contribution in [3.05, 3.63) is 96.1 Å². The van der Waals surface area contributed by atoms with Crippen LogP contribution in [0.15, 0.2) is 84.9 Å². The van der Waals surface area contributed by atoms with Crippen molar-refractivity contribution in [2.45, 2.75) is 13.2 Å². The average Bonchev–Trinajstić information content (AvgIpc) is 2.94. The molecule has 0 aliphatic heterocycles. The monoisotopic (exact) mass is 480 g/mol. The number of methoxy groups -OCH3 is 2. The van der Waals surface area contributed by atoms with Gasteiger partial charge in [0.2, 0.25) is 0 Å². The molecule has 6 nitrogen and oxygen atoms in total. The molecule has 0 saturated heterocycles. The van der Waals surface area contributed by atoms with E-state index in [1.54, 1.807) is 14.2 Å². The highest BCUT2D eigenvalue weighted by atomic mass is 16.5. The lowest BCUT2D eigenvalue weighted by molar-refractivity contribution is 0.258. The molecule has 0 unspecified atom stereocenters. The van der Waals surface area contributed by atoms with Gasteiger partial charge in [0, 0.05) is 24.6 Å². The third kappa shape index (κ3) is 4.58. The number of anilines is 1. The van der Waals surface area contributed by atoms with Gasteiger partial charge < -0.3 is 24.3 Å². The highest BCUT2D eigenvalue weighted by molar-refractivity contribution is 6.12. The molecule has 5 rings (SSSR count). The van der Waals surface area contributed by atoms with E-state index in [-0.39, 0.29) is 0 Å². The van der Waals surface area contributed by atoms with E-state index in [0.717, 1.165) is 33.1 Å². The maximum absolute atomic E-state index is 6.41. The Morgan fingerprint density at radius 3 is 2.00 bits per heavy atom. The third-order valence-electron chi connectivity index (χ3n) is 6.07. The summed E-state index contributed by atoms with van der Waals surface area (Å²) in [4.78, 5) is 5.03. The van der Waals surface area contributed by atoms with Crippen LogP contribution in [0.4, 0.5) is 5.69 Å². The Balaban J connectivity index is 1.68. The molecule has 1 aromatic heterocycles. The molecular formula is C30H28N2O4. The standard InChI is InChI=1S/C30H28N2O4/c1-31-28-23-14-15-25(35-18-20-10-6-4-7-11-20)30(36-19-21-12-8-5-9-13-21)29(23)32-24-16-22(33-2)17-26(34-3)27(24)28/h4-17H,18-19H2,1-3H3,(H,31,32). The van der Waals surface area contributed by atoms with Crippen molar-refractivity contribution in [1.82, 2.24) is 4.98 Å². The Hall–Kier alpha value is -4.45. The lowest BCUT2D eigenvalue weighted by atomic mass is 10.1. The second-order valence-corrected chi connectivity index (χ2v) is 8.30. The highest BCUT2D eigenvalue weighted by Gasteiger charge is 2.20. The Kier molecular flexibility index (Phi) is 6.76. The molecule has 1 N–H and O–H groups in total. The summed E-state index contributed by atoms with van der Waals surface area (Å²) >= 11 is 0. The predicted octanol–water partition coefficient (Wildman–Crippen LogP) is 6.60. The van der Waals surface area contributed by atoms with Crippen molar-refractivity contribution in [3.8, 4) is 23.0 Å². The molecule has 6 heteroatoms. The molecule has 182 valence electrons. The number of pyridine rings is 1. The first kappa shape index (κ1) is 23.3. The van der Waals surface area contributed by atoms with Crippen molar-refractivity contribution >= 4 is 27.5 Å². The fourth-order valence-electron chi connectivity index (χ4n) is 4.29. The van der Waals surface area contributed by atoms with Crippen molar-refractivity contribution < 1.29 is 18.9 Å². The first-order valence-corrected chi connectivity index (χ1v) is 11.8. The Morgan fingerprint density at radius 2 is 1.39 bits per heavy atom. The lowest BCUT2D eigenvalue weighted by Crippen LogP contribution is -2.03. The second-order valence-electron chi connectivity index (χ2n) is 8.30. The number of benzene rings is 4. The van der Waals surface area contributed by atoms with Crippen molar-refractivity contribution in [2.24, 2.45) is 0 Å². The van der Waals surface area contributed by atoms with Crippen molar-refractivity contribution in [2.75, 3.05) is 26.6 Å². The van der Waals surface area contributed by atoms with Crippen molar-refractivity contribution in [3.63, 3.8) is 0 Å². The smallest absolute Gasteiger partial charge is 0.188 e. The van der Waals surface area contributed by atoms with Crippen molar-refractivity contribution in [1.29, 1.82) is 0 Å². The molecule has 36 heavy (non-hydrogen) atoms. The summed E-state index contributed by atoms with van der Waals surface area (Å²) in [6.45, 7) is 0.805. The van der Waals surface area contributed by atoms with Gasteiger partial charge in [0.1, 0.15) is 30.2 Å². The number of fused-ring (bicyclic) bond motifs is 2. The van der Waals surface area contributed by atoms with Gasteiger partial charge in [-0.15, -0.1) is 0 Å². The maximum Gasteiger partial charge on any atom is 0.188 e. The first-order chi connectivity index (χ1) is 17.7. The van der Waals surface area contributed by atoms with E-state index in [9.17, 15) is 0 Å². The van der Waals surface area contributed by atoms with Crippen LogP contribution in [0.1, 0.15) is 11.1 Å². The number of hydrogen-bond donors (Lipinski definition) is 1. The lowest BCUT2D eigenvalue weighted by Gasteiger charge is -2.19. The second kappa shape index (κ2) is 10.4. The van der Waals surface area contributed by atoms with Gasteiger partial charge in [-0.05, 0) is 23.3 Å². The highest BCUT2D eigenvalue weighted by Crippen LogP contribution is 2.44. The molecule has 0 aliphatic rings. The van der Waals surface area contributed by atoms with E-state index in [4.69, 9.17) is 23.9 Å². The summed E-state index contributed by atoms with van der Waals surface area (Å²) in [7, 11) is 5.17. The SMILES string of the molecule is CNc1c2ccc(OCc3ccccc3)c(OCc3ccccc3)c2nc2cc(OC)cc(OC)c12. The van der Waals surface area contributed by atoms with Crippen LogP contribution in [0.25, 0.3) is 21.8 Å². The average molecular weight is 481 g/mol. The zero-order valence-corrected chi connectivity index (χ0v) is 20.6. The summed E-state index contributed by atoms with van der Waals surface area (Å²) in [5, 5.41) is 5.13. The van der Waals surface area contributed by atoms with E-state index < -0.39 is 0 Å². The molecular weight excluding hydrogens is 452 g/mol. The quantitative estimate of drug-likeness (QED) is 0.240. The molecule has 0 fully saturated rings. The van der Waals surface area contributed by atoms with E-state index in [1.807, 2.05) is 92.0 Å². The molecule has 0 atom stereocenters. The minimum Gasteiger partial charge on any atom is -0.497 e. The first-order valence-electron chi connectivity index (χ1n) is 11.8. The molecule has 0 saturated carbocycles. The number of nitrogens with one attached hydrogen (secondary N) is 1. The van der Waals surface area contributed by atoms with Crippen LogP contribution in [0.2, 0.25) is 0 Å². The summed E-state index contributed by atoms with van der Waals surface area (Å²) in [6, 6.07) is 27.8. The van der Waals surface area contributed by atoms with Gasteiger partial charge in [-0.25, -0.2) is 4.98 Å². The number of ether oxygens (including phenoxy) is 4. The van der Waals surface area contributed by atoms with Gasteiger partial charge >= 0.3 is 0 Å². The Bertz CT molecular complexity index is 1490.